The van der Waals surface area contributed by atoms with Crippen LogP contribution in [0.1, 0.15) is 35.2 Å². The third-order valence-electron chi connectivity index (χ3n) is 4.29. The maximum atomic E-state index is 12.8. The first-order valence-corrected chi connectivity index (χ1v) is 8.72. The van der Waals surface area contributed by atoms with E-state index in [1.165, 1.54) is 10.4 Å². The Labute approximate surface area is 135 Å². The number of hydrogen-bond donors (Lipinski definition) is 1. The highest BCUT2D eigenvalue weighted by atomic mass is 32.1. The van der Waals surface area contributed by atoms with E-state index in [9.17, 15) is 4.79 Å². The number of carbonyl (C=O) groups is 1. The fourth-order valence-electron chi connectivity index (χ4n) is 2.97. The number of rotatable bonds is 2. The van der Waals surface area contributed by atoms with E-state index in [-0.39, 0.29) is 11.9 Å². The summed E-state index contributed by atoms with van der Waals surface area (Å²) in [7, 11) is 0. The first-order valence-electron chi connectivity index (χ1n) is 7.84. The second-order valence-corrected chi connectivity index (χ2v) is 6.91. The quantitative estimate of drug-likeness (QED) is 0.919. The molecule has 3 nitrogen and oxygen atoms in total. The van der Waals surface area contributed by atoms with Crippen molar-refractivity contribution in [2.45, 2.75) is 32.2 Å². The molecular weight excluding hydrogens is 292 g/mol. The van der Waals surface area contributed by atoms with E-state index in [1.54, 1.807) is 11.3 Å². The third kappa shape index (κ3) is 3.23. The van der Waals surface area contributed by atoms with Crippen LogP contribution in [0.15, 0.2) is 35.7 Å². The molecule has 1 amide bonds. The fourth-order valence-corrected chi connectivity index (χ4v) is 3.89. The van der Waals surface area contributed by atoms with Crippen molar-refractivity contribution < 1.29 is 4.79 Å². The van der Waals surface area contributed by atoms with Crippen LogP contribution in [0.3, 0.4) is 0 Å². The Bertz CT molecular complexity index is 665. The minimum absolute atomic E-state index is 0.130. The van der Waals surface area contributed by atoms with Gasteiger partial charge in [-0.3, -0.25) is 4.79 Å². The number of hydrogen-bond acceptors (Lipinski definition) is 3. The number of thiophene rings is 1. The van der Waals surface area contributed by atoms with Crippen molar-refractivity contribution in [3.05, 3.63) is 46.8 Å². The van der Waals surface area contributed by atoms with Gasteiger partial charge in [0.15, 0.2) is 0 Å². The average Bonchev–Trinajstić information content (AvgIpc) is 2.84. The van der Waals surface area contributed by atoms with Crippen molar-refractivity contribution in [3.63, 3.8) is 0 Å². The molecule has 0 spiro atoms. The van der Waals surface area contributed by atoms with Crippen LogP contribution in [-0.2, 0) is 0 Å². The highest BCUT2D eigenvalue weighted by Gasteiger charge is 2.20. The maximum absolute atomic E-state index is 12.8. The summed E-state index contributed by atoms with van der Waals surface area (Å²) >= 11 is 1.72. The standard InChI is InChI=1S/C18H22N2OS/c1-13-8-11-22-17(13)14-4-2-5-15(12-14)18(21)20-9-3-6-16(19)7-10-20/h2,4-5,8,11-12,16H,3,6-7,9-10,19H2,1H3. The molecule has 2 heterocycles. The summed E-state index contributed by atoms with van der Waals surface area (Å²) in [5, 5.41) is 2.09. The van der Waals surface area contributed by atoms with Gasteiger partial charge in [-0.1, -0.05) is 12.1 Å². The summed E-state index contributed by atoms with van der Waals surface area (Å²) in [6.07, 6.45) is 2.91. The molecule has 2 aromatic rings. The van der Waals surface area contributed by atoms with Gasteiger partial charge in [-0.15, -0.1) is 11.3 Å². The highest BCUT2D eigenvalue weighted by Crippen LogP contribution is 2.29. The molecular formula is C18H22N2OS. The lowest BCUT2D eigenvalue weighted by Crippen LogP contribution is -2.32. The zero-order chi connectivity index (χ0) is 15.5. The summed E-state index contributed by atoms with van der Waals surface area (Å²) in [6, 6.07) is 10.3. The number of benzene rings is 1. The smallest absolute Gasteiger partial charge is 0.253 e. The van der Waals surface area contributed by atoms with Gasteiger partial charge < -0.3 is 10.6 Å². The van der Waals surface area contributed by atoms with Crippen LogP contribution in [0.25, 0.3) is 10.4 Å². The van der Waals surface area contributed by atoms with Gasteiger partial charge in [0.25, 0.3) is 5.91 Å². The van der Waals surface area contributed by atoms with Crippen LogP contribution < -0.4 is 5.73 Å². The first-order chi connectivity index (χ1) is 10.6. The average molecular weight is 314 g/mol. The number of aryl methyl sites for hydroxylation is 1. The van der Waals surface area contributed by atoms with E-state index in [0.29, 0.717) is 0 Å². The molecule has 1 aromatic carbocycles. The predicted octanol–water partition coefficient (Wildman–Crippen LogP) is 3.68. The van der Waals surface area contributed by atoms with E-state index in [2.05, 4.69) is 24.4 Å². The molecule has 22 heavy (non-hydrogen) atoms. The topological polar surface area (TPSA) is 46.3 Å². The van der Waals surface area contributed by atoms with Crippen LogP contribution in [0, 0.1) is 6.92 Å². The van der Waals surface area contributed by atoms with Gasteiger partial charge in [-0.25, -0.2) is 0 Å². The van der Waals surface area contributed by atoms with Crippen molar-refractivity contribution in [1.29, 1.82) is 0 Å². The van der Waals surface area contributed by atoms with Gasteiger partial charge in [0.2, 0.25) is 0 Å². The van der Waals surface area contributed by atoms with Crippen LogP contribution in [-0.4, -0.2) is 29.9 Å². The number of nitrogens with zero attached hydrogens (tertiary/aromatic N) is 1. The Morgan fingerprint density at radius 2 is 2.14 bits per heavy atom. The Morgan fingerprint density at radius 1 is 1.27 bits per heavy atom. The lowest BCUT2D eigenvalue weighted by atomic mass is 10.1. The molecule has 1 atom stereocenters. The van der Waals surface area contributed by atoms with Crippen LogP contribution >= 0.6 is 11.3 Å². The van der Waals surface area contributed by atoms with Gasteiger partial charge in [0.05, 0.1) is 0 Å². The molecule has 0 saturated carbocycles. The first kappa shape index (κ1) is 15.3. The molecule has 116 valence electrons. The molecule has 4 heteroatoms. The Balaban J connectivity index is 1.82. The molecule has 1 aromatic heterocycles. The van der Waals surface area contributed by atoms with Crippen molar-refractivity contribution >= 4 is 17.2 Å². The molecule has 2 N–H and O–H groups in total. The maximum Gasteiger partial charge on any atom is 0.253 e. The molecule has 1 unspecified atom stereocenters. The monoisotopic (exact) mass is 314 g/mol. The summed E-state index contributed by atoms with van der Waals surface area (Å²) in [6.45, 7) is 3.69. The number of amides is 1. The predicted molar refractivity (Wildman–Crippen MR) is 92.2 cm³/mol. The normalized spacial score (nSPS) is 19.0. The fraction of sp³-hybridized carbons (Fsp3) is 0.389. The largest absolute Gasteiger partial charge is 0.339 e. The minimum atomic E-state index is 0.130. The molecule has 1 aliphatic heterocycles. The van der Waals surface area contributed by atoms with E-state index < -0.39 is 0 Å². The highest BCUT2D eigenvalue weighted by molar-refractivity contribution is 7.13. The molecule has 0 radical (unpaired) electrons. The van der Waals surface area contributed by atoms with Gasteiger partial charge in [0, 0.05) is 29.6 Å². The summed E-state index contributed by atoms with van der Waals surface area (Å²) < 4.78 is 0. The van der Waals surface area contributed by atoms with Crippen LogP contribution in [0.5, 0.6) is 0 Å². The van der Waals surface area contributed by atoms with E-state index in [0.717, 1.165) is 43.5 Å². The van der Waals surface area contributed by atoms with Gasteiger partial charge in [-0.2, -0.15) is 0 Å². The van der Waals surface area contributed by atoms with Crippen molar-refractivity contribution in [3.8, 4) is 10.4 Å². The van der Waals surface area contributed by atoms with Gasteiger partial charge in [0.1, 0.15) is 0 Å². The summed E-state index contributed by atoms with van der Waals surface area (Å²) in [5.41, 5.74) is 9.17. The number of carbonyl (C=O) groups excluding carboxylic acids is 1. The van der Waals surface area contributed by atoms with E-state index in [4.69, 9.17) is 5.73 Å². The minimum Gasteiger partial charge on any atom is -0.339 e. The number of likely N-dealkylation sites (tertiary alicyclic amines) is 1. The zero-order valence-corrected chi connectivity index (χ0v) is 13.7. The summed E-state index contributed by atoms with van der Waals surface area (Å²) in [5.74, 6) is 0.130. The molecule has 0 aliphatic carbocycles. The Kier molecular flexibility index (Phi) is 4.60. The Hall–Kier alpha value is -1.65. The Morgan fingerprint density at radius 3 is 2.91 bits per heavy atom. The summed E-state index contributed by atoms with van der Waals surface area (Å²) in [4.78, 5) is 15.9. The second-order valence-electron chi connectivity index (χ2n) is 6.00. The van der Waals surface area contributed by atoms with Crippen molar-refractivity contribution in [1.82, 2.24) is 4.90 Å². The molecule has 1 fully saturated rings. The van der Waals surface area contributed by atoms with Crippen LogP contribution in [0.2, 0.25) is 0 Å². The van der Waals surface area contributed by atoms with Crippen LogP contribution in [0.4, 0.5) is 0 Å². The van der Waals surface area contributed by atoms with Crippen molar-refractivity contribution in [2.24, 2.45) is 5.73 Å². The third-order valence-corrected chi connectivity index (χ3v) is 5.36. The zero-order valence-electron chi connectivity index (χ0n) is 12.9. The van der Waals surface area contributed by atoms with Gasteiger partial charge in [-0.05, 0) is 60.9 Å². The molecule has 1 saturated heterocycles. The SMILES string of the molecule is Cc1ccsc1-c1cccc(C(=O)N2CCCC(N)CC2)c1. The lowest BCUT2D eigenvalue weighted by molar-refractivity contribution is 0.0761. The van der Waals surface area contributed by atoms with Crippen molar-refractivity contribution in [2.75, 3.05) is 13.1 Å². The van der Waals surface area contributed by atoms with Gasteiger partial charge >= 0.3 is 0 Å². The molecule has 1 aliphatic rings. The lowest BCUT2D eigenvalue weighted by Gasteiger charge is -2.20. The number of nitrogens with two attached hydrogens (primary N) is 1. The molecule has 0 bridgehead atoms. The second kappa shape index (κ2) is 6.63. The van der Waals surface area contributed by atoms with E-state index >= 15 is 0 Å². The van der Waals surface area contributed by atoms with E-state index in [1.807, 2.05) is 23.1 Å². The molecule has 3 rings (SSSR count).